The molecule has 0 aliphatic rings. The number of rotatable bonds is 7. The molecule has 120 valence electrons. The molecule has 2 amide bonds. The highest BCUT2D eigenvalue weighted by molar-refractivity contribution is 7.09. The second-order valence-corrected chi connectivity index (χ2v) is 5.74. The molecule has 7 heteroatoms. The number of anilines is 1. The minimum Gasteiger partial charge on any atom is -0.491 e. The number of nitrogens with zero attached hydrogens (tertiary/aromatic N) is 1. The van der Waals surface area contributed by atoms with E-state index in [2.05, 4.69) is 10.3 Å². The van der Waals surface area contributed by atoms with Crippen LogP contribution in [0.15, 0.2) is 35.7 Å². The molecule has 0 fully saturated rings. The molecule has 0 atom stereocenters. The molecule has 2 aromatic rings. The fourth-order valence-electron chi connectivity index (χ4n) is 1.75. The van der Waals surface area contributed by atoms with E-state index in [1.807, 2.05) is 12.3 Å². The predicted octanol–water partition coefficient (Wildman–Crippen LogP) is 2.36. The van der Waals surface area contributed by atoms with Crippen molar-refractivity contribution >= 4 is 34.9 Å². The zero-order valence-electron chi connectivity index (χ0n) is 12.6. The smallest absolute Gasteiger partial charge is 0.248 e. The predicted molar refractivity (Wildman–Crippen MR) is 90.3 cm³/mol. The molecule has 1 aromatic carbocycles. The lowest BCUT2D eigenvalue weighted by molar-refractivity contribution is -0.118. The first-order chi connectivity index (χ1) is 11.0. The minimum atomic E-state index is -0.437. The number of para-hydroxylation sites is 2. The SMILES string of the molecule is Cc1nc(/C=C/C(=O)Nc2ccccc2OCCC(N)=O)cs1. The van der Waals surface area contributed by atoms with Crippen molar-refractivity contribution in [3.63, 3.8) is 0 Å². The van der Waals surface area contributed by atoms with Gasteiger partial charge in [-0.25, -0.2) is 4.98 Å². The number of amides is 2. The Hall–Kier alpha value is -2.67. The van der Waals surface area contributed by atoms with Crippen molar-refractivity contribution in [1.82, 2.24) is 4.98 Å². The number of nitrogens with one attached hydrogen (secondary N) is 1. The Balaban J connectivity index is 1.97. The lowest BCUT2D eigenvalue weighted by Gasteiger charge is -2.10. The standard InChI is InChI=1S/C16H17N3O3S/c1-11-18-12(10-23-11)6-7-16(21)19-13-4-2-3-5-14(13)22-9-8-15(17)20/h2-7,10H,8-9H2,1H3,(H2,17,20)(H,19,21)/b7-6+. The van der Waals surface area contributed by atoms with Gasteiger partial charge in [-0.15, -0.1) is 11.3 Å². The van der Waals surface area contributed by atoms with Gasteiger partial charge in [0.15, 0.2) is 0 Å². The zero-order chi connectivity index (χ0) is 16.7. The Morgan fingerprint density at radius 2 is 2.17 bits per heavy atom. The molecule has 0 spiro atoms. The third-order valence-corrected chi connectivity index (χ3v) is 3.58. The summed E-state index contributed by atoms with van der Waals surface area (Å²) >= 11 is 1.52. The summed E-state index contributed by atoms with van der Waals surface area (Å²) in [6, 6.07) is 7.00. The van der Waals surface area contributed by atoms with Crippen molar-refractivity contribution in [2.24, 2.45) is 5.73 Å². The van der Waals surface area contributed by atoms with Gasteiger partial charge in [-0.3, -0.25) is 9.59 Å². The summed E-state index contributed by atoms with van der Waals surface area (Å²) in [4.78, 5) is 27.0. The second-order valence-electron chi connectivity index (χ2n) is 4.67. The van der Waals surface area contributed by atoms with E-state index in [1.165, 1.54) is 17.4 Å². The van der Waals surface area contributed by atoms with E-state index < -0.39 is 5.91 Å². The van der Waals surface area contributed by atoms with Crippen LogP contribution in [0, 0.1) is 6.92 Å². The Labute approximate surface area is 138 Å². The van der Waals surface area contributed by atoms with Crippen LogP contribution in [-0.2, 0) is 9.59 Å². The number of hydrogen-bond donors (Lipinski definition) is 2. The molecular formula is C16H17N3O3S. The van der Waals surface area contributed by atoms with E-state index in [4.69, 9.17) is 10.5 Å². The fourth-order valence-corrected chi connectivity index (χ4v) is 2.33. The van der Waals surface area contributed by atoms with E-state index in [1.54, 1.807) is 30.3 Å². The van der Waals surface area contributed by atoms with Gasteiger partial charge in [0.2, 0.25) is 11.8 Å². The van der Waals surface area contributed by atoms with Gasteiger partial charge >= 0.3 is 0 Å². The summed E-state index contributed by atoms with van der Waals surface area (Å²) < 4.78 is 5.46. The number of aryl methyl sites for hydroxylation is 1. The summed E-state index contributed by atoms with van der Waals surface area (Å²) in [5.74, 6) is -0.241. The van der Waals surface area contributed by atoms with Crippen LogP contribution in [0.5, 0.6) is 5.75 Å². The highest BCUT2D eigenvalue weighted by Crippen LogP contribution is 2.23. The highest BCUT2D eigenvalue weighted by Gasteiger charge is 2.06. The maximum atomic E-state index is 12.0. The van der Waals surface area contributed by atoms with Gasteiger partial charge in [-0.2, -0.15) is 0 Å². The van der Waals surface area contributed by atoms with Gasteiger partial charge in [-0.1, -0.05) is 12.1 Å². The van der Waals surface area contributed by atoms with Crippen LogP contribution < -0.4 is 15.8 Å². The third-order valence-electron chi connectivity index (χ3n) is 2.79. The number of ether oxygens (including phenoxy) is 1. The normalized spacial score (nSPS) is 10.7. The molecule has 0 aliphatic heterocycles. The van der Waals surface area contributed by atoms with Crippen LogP contribution in [-0.4, -0.2) is 23.4 Å². The number of hydrogen-bond acceptors (Lipinski definition) is 5. The third kappa shape index (κ3) is 5.55. The molecule has 6 nitrogen and oxygen atoms in total. The molecule has 2 rings (SSSR count). The van der Waals surface area contributed by atoms with Crippen LogP contribution in [0.1, 0.15) is 17.1 Å². The van der Waals surface area contributed by atoms with Crippen LogP contribution >= 0.6 is 11.3 Å². The summed E-state index contributed by atoms with van der Waals surface area (Å²) in [5.41, 5.74) is 6.34. The largest absolute Gasteiger partial charge is 0.491 e. The first kappa shape index (κ1) is 16.7. The monoisotopic (exact) mass is 331 g/mol. The molecular weight excluding hydrogens is 314 g/mol. The summed E-state index contributed by atoms with van der Waals surface area (Å²) in [6.07, 6.45) is 3.18. The Bertz CT molecular complexity index is 725. The van der Waals surface area contributed by atoms with Crippen molar-refractivity contribution in [3.8, 4) is 5.75 Å². The first-order valence-corrected chi connectivity index (χ1v) is 7.84. The lowest BCUT2D eigenvalue weighted by atomic mass is 10.3. The van der Waals surface area contributed by atoms with Gasteiger partial charge in [0.25, 0.3) is 0 Å². The van der Waals surface area contributed by atoms with Crippen molar-refractivity contribution in [1.29, 1.82) is 0 Å². The van der Waals surface area contributed by atoms with Crippen LogP contribution in [0.3, 0.4) is 0 Å². The van der Waals surface area contributed by atoms with Gasteiger partial charge in [0, 0.05) is 11.5 Å². The fraction of sp³-hybridized carbons (Fsp3) is 0.188. The number of primary amides is 1. The van der Waals surface area contributed by atoms with Crippen molar-refractivity contribution in [2.75, 3.05) is 11.9 Å². The maximum Gasteiger partial charge on any atom is 0.248 e. The average molecular weight is 331 g/mol. The first-order valence-electron chi connectivity index (χ1n) is 6.96. The number of aromatic nitrogens is 1. The van der Waals surface area contributed by atoms with Crippen LogP contribution in [0.2, 0.25) is 0 Å². The molecule has 0 bridgehead atoms. The molecule has 3 N–H and O–H groups in total. The average Bonchev–Trinajstić information content (AvgIpc) is 2.92. The summed E-state index contributed by atoms with van der Waals surface area (Å²) in [5, 5.41) is 5.55. The zero-order valence-corrected chi connectivity index (χ0v) is 13.4. The molecule has 0 radical (unpaired) electrons. The highest BCUT2D eigenvalue weighted by atomic mass is 32.1. The quantitative estimate of drug-likeness (QED) is 0.762. The molecule has 1 aromatic heterocycles. The topological polar surface area (TPSA) is 94.3 Å². The maximum absolute atomic E-state index is 12.0. The van der Waals surface area contributed by atoms with E-state index in [9.17, 15) is 9.59 Å². The number of nitrogens with two attached hydrogens (primary N) is 1. The number of carbonyl (C=O) groups is 2. The van der Waals surface area contributed by atoms with Crippen LogP contribution in [0.25, 0.3) is 6.08 Å². The number of benzene rings is 1. The van der Waals surface area contributed by atoms with Gasteiger partial charge < -0.3 is 15.8 Å². The lowest BCUT2D eigenvalue weighted by Crippen LogP contribution is -2.15. The van der Waals surface area contributed by atoms with E-state index in [0.29, 0.717) is 11.4 Å². The van der Waals surface area contributed by atoms with Crippen molar-refractivity contribution in [2.45, 2.75) is 13.3 Å². The minimum absolute atomic E-state index is 0.116. The Morgan fingerprint density at radius 3 is 2.87 bits per heavy atom. The van der Waals surface area contributed by atoms with E-state index in [-0.39, 0.29) is 18.9 Å². The summed E-state index contributed by atoms with van der Waals surface area (Å²) in [6.45, 7) is 2.07. The van der Waals surface area contributed by atoms with Gasteiger partial charge in [-0.05, 0) is 25.1 Å². The number of thiazole rings is 1. The van der Waals surface area contributed by atoms with E-state index in [0.717, 1.165) is 10.7 Å². The summed E-state index contributed by atoms with van der Waals surface area (Å²) in [7, 11) is 0. The number of carbonyl (C=O) groups excluding carboxylic acids is 2. The second kappa shape index (κ2) is 8.09. The Kier molecular flexibility index (Phi) is 5.87. The molecule has 0 saturated carbocycles. The van der Waals surface area contributed by atoms with Gasteiger partial charge in [0.05, 0.1) is 29.4 Å². The van der Waals surface area contributed by atoms with Crippen molar-refractivity contribution in [3.05, 3.63) is 46.4 Å². The van der Waals surface area contributed by atoms with Crippen molar-refractivity contribution < 1.29 is 14.3 Å². The molecule has 0 unspecified atom stereocenters. The molecule has 0 saturated heterocycles. The Morgan fingerprint density at radius 1 is 1.39 bits per heavy atom. The molecule has 0 aliphatic carbocycles. The molecule has 1 heterocycles. The van der Waals surface area contributed by atoms with Gasteiger partial charge in [0.1, 0.15) is 5.75 Å². The molecule has 23 heavy (non-hydrogen) atoms. The van der Waals surface area contributed by atoms with Crippen LogP contribution in [0.4, 0.5) is 5.69 Å². The van der Waals surface area contributed by atoms with E-state index >= 15 is 0 Å².